The minimum Gasteiger partial charge on any atom is -0.497 e. The van der Waals surface area contributed by atoms with E-state index >= 15 is 0 Å². The number of benzene rings is 1. The summed E-state index contributed by atoms with van der Waals surface area (Å²) in [5.41, 5.74) is 1.11. The highest BCUT2D eigenvalue weighted by molar-refractivity contribution is 6.76. The molecule has 1 aromatic rings. The van der Waals surface area contributed by atoms with Crippen molar-refractivity contribution in [2.75, 3.05) is 32.0 Å². The Bertz CT molecular complexity index is 767. The van der Waals surface area contributed by atoms with Gasteiger partial charge >= 0.3 is 0 Å². The highest BCUT2D eigenvalue weighted by Crippen LogP contribution is 2.45. The summed E-state index contributed by atoms with van der Waals surface area (Å²) in [5, 5.41) is 0.0852. The largest absolute Gasteiger partial charge is 0.497 e. The highest BCUT2D eigenvalue weighted by atomic mass is 28.4. The number of fused-ring (bicyclic) bond motifs is 1. The molecule has 1 aliphatic rings. The lowest BCUT2D eigenvalue weighted by Crippen LogP contribution is -2.48. The Morgan fingerprint density at radius 3 is 2.27 bits per heavy atom. The smallest absolute Gasteiger partial charge is 0.241 e. The van der Waals surface area contributed by atoms with Gasteiger partial charge in [-0.3, -0.25) is 9.69 Å². The van der Waals surface area contributed by atoms with E-state index in [1.807, 2.05) is 25.1 Å². The van der Waals surface area contributed by atoms with E-state index in [1.165, 1.54) is 0 Å². The van der Waals surface area contributed by atoms with Crippen molar-refractivity contribution in [2.24, 2.45) is 0 Å². The van der Waals surface area contributed by atoms with Crippen molar-refractivity contribution < 1.29 is 18.7 Å². The number of hydrogen-bond donors (Lipinski definition) is 0. The topological polar surface area (TPSA) is 48.0 Å². The third-order valence-corrected chi connectivity index (χ3v) is 12.7. The fourth-order valence-corrected chi connectivity index (χ4v) is 5.02. The van der Waals surface area contributed by atoms with Crippen LogP contribution in [-0.4, -0.2) is 49.4 Å². The molecular formula is C23H41NO4Si2. The summed E-state index contributed by atoms with van der Waals surface area (Å²) in [7, 11) is -1.52. The maximum Gasteiger partial charge on any atom is 0.241 e. The average molecular weight is 452 g/mol. The number of carbonyl (C=O) groups excluding carboxylic acids is 1. The van der Waals surface area contributed by atoms with Crippen molar-refractivity contribution in [2.45, 2.75) is 76.9 Å². The molecule has 30 heavy (non-hydrogen) atoms. The molecule has 0 saturated heterocycles. The van der Waals surface area contributed by atoms with E-state index in [1.54, 1.807) is 12.0 Å². The lowest BCUT2D eigenvalue weighted by atomic mass is 9.84. The van der Waals surface area contributed by atoms with Gasteiger partial charge in [-0.25, -0.2) is 0 Å². The second-order valence-electron chi connectivity index (χ2n) is 11.3. The van der Waals surface area contributed by atoms with Crippen LogP contribution >= 0.6 is 0 Å². The highest BCUT2D eigenvalue weighted by Gasteiger charge is 2.50. The molecule has 0 saturated carbocycles. The molecule has 7 heteroatoms. The van der Waals surface area contributed by atoms with E-state index in [4.69, 9.17) is 13.9 Å². The van der Waals surface area contributed by atoms with E-state index in [9.17, 15) is 4.79 Å². The first-order valence-electron chi connectivity index (χ1n) is 10.8. The first-order valence-corrected chi connectivity index (χ1v) is 17.5. The predicted molar refractivity (Wildman–Crippen MR) is 130 cm³/mol. The van der Waals surface area contributed by atoms with Gasteiger partial charge in [-0.2, -0.15) is 0 Å². The maximum atomic E-state index is 13.6. The number of ether oxygens (including phenoxy) is 2. The minimum absolute atomic E-state index is 0.0393. The van der Waals surface area contributed by atoms with Gasteiger partial charge in [0.2, 0.25) is 5.91 Å². The molecule has 1 amide bonds. The first kappa shape index (κ1) is 25.1. The summed E-state index contributed by atoms with van der Waals surface area (Å²) in [6, 6.07) is 6.92. The number of methoxy groups -OCH3 is 1. The van der Waals surface area contributed by atoms with E-state index in [2.05, 4.69) is 53.5 Å². The second-order valence-corrected chi connectivity index (χ2v) is 21.8. The van der Waals surface area contributed by atoms with Crippen molar-refractivity contribution in [1.82, 2.24) is 0 Å². The van der Waals surface area contributed by atoms with Crippen molar-refractivity contribution in [3.05, 3.63) is 23.8 Å². The summed E-state index contributed by atoms with van der Waals surface area (Å²) >= 11 is 0. The van der Waals surface area contributed by atoms with Gasteiger partial charge in [0.25, 0.3) is 0 Å². The Kier molecular flexibility index (Phi) is 7.34. The lowest BCUT2D eigenvalue weighted by Gasteiger charge is -2.38. The van der Waals surface area contributed by atoms with Gasteiger partial charge in [0.05, 0.1) is 24.8 Å². The lowest BCUT2D eigenvalue weighted by molar-refractivity contribution is -0.124. The van der Waals surface area contributed by atoms with E-state index in [-0.39, 0.29) is 17.7 Å². The fourth-order valence-electron chi connectivity index (χ4n) is 3.19. The average Bonchev–Trinajstić information content (AvgIpc) is 2.83. The van der Waals surface area contributed by atoms with Crippen LogP contribution in [0.15, 0.2) is 18.2 Å². The monoisotopic (exact) mass is 451 g/mol. The Hall–Kier alpha value is -1.16. The molecule has 5 nitrogen and oxygen atoms in total. The molecule has 1 aromatic carbocycles. The number of rotatable bonds is 9. The van der Waals surface area contributed by atoms with Crippen molar-refractivity contribution >= 4 is 28.0 Å². The summed E-state index contributed by atoms with van der Waals surface area (Å²) in [4.78, 5) is 15.4. The van der Waals surface area contributed by atoms with Crippen LogP contribution < -0.4 is 9.64 Å². The van der Waals surface area contributed by atoms with Gasteiger partial charge in [-0.1, -0.05) is 40.4 Å². The Labute approximate surface area is 185 Å². The number of anilines is 1. The Balaban J connectivity index is 2.27. The number of hydrogen-bond acceptors (Lipinski definition) is 4. The van der Waals surface area contributed by atoms with Gasteiger partial charge in [-0.05, 0) is 54.9 Å². The molecule has 1 atom stereocenters. The van der Waals surface area contributed by atoms with Crippen molar-refractivity contribution in [3.63, 3.8) is 0 Å². The molecule has 0 spiro atoms. The molecule has 0 aromatic heterocycles. The molecule has 0 fully saturated rings. The van der Waals surface area contributed by atoms with Crippen LogP contribution in [0, 0.1) is 0 Å². The van der Waals surface area contributed by atoms with E-state index < -0.39 is 21.8 Å². The number of carbonyl (C=O) groups is 1. The Morgan fingerprint density at radius 1 is 1.10 bits per heavy atom. The van der Waals surface area contributed by atoms with Gasteiger partial charge in [0.15, 0.2) is 8.32 Å². The maximum absolute atomic E-state index is 13.6. The van der Waals surface area contributed by atoms with Crippen molar-refractivity contribution in [1.29, 1.82) is 0 Å². The van der Waals surface area contributed by atoms with Crippen LogP contribution in [0.4, 0.5) is 5.69 Å². The standard InChI is InChI=1S/C23H41NO4Si2/c1-22(2,3)30(9,10)28-16-23(4)19-15-18(26-5)11-12-20(19)24(21(23)25)17-27-13-14-29(6,7)8/h11-12,15H,13-14,16-17H2,1-10H3. The molecule has 0 aliphatic carbocycles. The minimum atomic E-state index is -2.00. The zero-order chi connectivity index (χ0) is 23.0. The zero-order valence-corrected chi connectivity index (χ0v) is 22.6. The number of amides is 1. The van der Waals surface area contributed by atoms with Gasteiger partial charge in [-0.15, -0.1) is 0 Å². The quantitative estimate of drug-likeness (QED) is 0.360. The SMILES string of the molecule is COc1ccc2c(c1)C(C)(CO[Si](C)(C)C(C)(C)C)C(=O)N2COCC[Si](C)(C)C. The van der Waals surface area contributed by atoms with Gasteiger partial charge in [0.1, 0.15) is 12.5 Å². The Morgan fingerprint density at radius 2 is 1.73 bits per heavy atom. The van der Waals surface area contributed by atoms with Crippen LogP contribution in [0.5, 0.6) is 5.75 Å². The van der Waals surface area contributed by atoms with Gasteiger partial charge in [0, 0.05) is 14.7 Å². The van der Waals surface area contributed by atoms with Crippen LogP contribution in [0.25, 0.3) is 0 Å². The van der Waals surface area contributed by atoms with Crippen LogP contribution in [0.1, 0.15) is 33.3 Å². The molecule has 1 heterocycles. The summed E-state index contributed by atoms with van der Waals surface area (Å²) in [5.74, 6) is 0.791. The van der Waals surface area contributed by atoms with Crippen LogP contribution in [0.3, 0.4) is 0 Å². The molecule has 1 unspecified atom stereocenters. The van der Waals surface area contributed by atoms with E-state index in [0.29, 0.717) is 13.2 Å². The summed E-state index contributed by atoms with van der Waals surface area (Å²) < 4.78 is 17.9. The van der Waals surface area contributed by atoms with Crippen molar-refractivity contribution in [3.8, 4) is 5.75 Å². The van der Waals surface area contributed by atoms with Crippen LogP contribution in [0.2, 0.25) is 43.8 Å². The number of nitrogens with zero attached hydrogens (tertiary/aromatic N) is 1. The zero-order valence-electron chi connectivity index (χ0n) is 20.6. The molecule has 2 rings (SSSR count). The third kappa shape index (κ3) is 5.36. The normalized spacial score (nSPS) is 19.9. The molecule has 0 radical (unpaired) electrons. The third-order valence-electron chi connectivity index (χ3n) is 6.55. The molecule has 1 aliphatic heterocycles. The fraction of sp³-hybridized carbons (Fsp3) is 0.696. The molecule has 0 N–H and O–H groups in total. The predicted octanol–water partition coefficient (Wildman–Crippen LogP) is 5.63. The molecule has 0 bridgehead atoms. The van der Waals surface area contributed by atoms with Crippen LogP contribution in [-0.2, 0) is 19.4 Å². The van der Waals surface area contributed by atoms with Gasteiger partial charge < -0.3 is 13.9 Å². The summed E-state index contributed by atoms with van der Waals surface area (Å²) in [6.45, 7) is 21.4. The summed E-state index contributed by atoms with van der Waals surface area (Å²) in [6.07, 6.45) is 0. The molecular weight excluding hydrogens is 410 g/mol. The van der Waals surface area contributed by atoms with E-state index in [0.717, 1.165) is 23.0 Å². The second kappa shape index (κ2) is 8.77. The first-order chi connectivity index (χ1) is 13.6. The molecule has 170 valence electrons.